The van der Waals surface area contributed by atoms with Crippen LogP contribution in [0.25, 0.3) is 0 Å². The van der Waals surface area contributed by atoms with Crippen molar-refractivity contribution in [1.82, 2.24) is 9.80 Å². The Balaban J connectivity index is 1.44. The molecule has 3 aliphatic heterocycles. The van der Waals surface area contributed by atoms with Gasteiger partial charge in [-0.25, -0.2) is 4.79 Å². The molecule has 166 valence electrons. The van der Waals surface area contributed by atoms with E-state index in [9.17, 15) is 14.4 Å². The molecule has 3 saturated heterocycles. The Bertz CT molecular complexity index is 1090. The normalized spacial score (nSPS) is 26.1. The number of amides is 2. The van der Waals surface area contributed by atoms with Crippen LogP contribution >= 0.6 is 0 Å². The fourth-order valence-electron chi connectivity index (χ4n) is 5.15. The van der Waals surface area contributed by atoms with Gasteiger partial charge in [0.25, 0.3) is 5.91 Å². The molecular formula is C24H24N2O6. The van der Waals surface area contributed by atoms with Crippen molar-refractivity contribution in [1.29, 1.82) is 0 Å². The van der Waals surface area contributed by atoms with E-state index in [4.69, 9.17) is 14.2 Å². The quantitative estimate of drug-likeness (QED) is 0.685. The second-order valence-corrected chi connectivity index (χ2v) is 8.28. The number of hydrogen-bond donors (Lipinski definition) is 0. The minimum atomic E-state index is -0.808. The SMILES string of the molecule is COC(=O)c1cc(OC)cc(C(=O)N2CC[C@@]34O[C@@H](c5ccccc5)CN3C(=O)C[C@@H]24)c1. The van der Waals surface area contributed by atoms with Crippen LogP contribution in [0.15, 0.2) is 48.5 Å². The van der Waals surface area contributed by atoms with Crippen molar-refractivity contribution in [2.75, 3.05) is 27.3 Å². The molecule has 0 saturated carbocycles. The highest BCUT2D eigenvalue weighted by Crippen LogP contribution is 2.50. The summed E-state index contributed by atoms with van der Waals surface area (Å²) in [7, 11) is 2.76. The molecule has 0 N–H and O–H groups in total. The number of benzene rings is 2. The highest BCUT2D eigenvalue weighted by atomic mass is 16.5. The summed E-state index contributed by atoms with van der Waals surface area (Å²) in [4.78, 5) is 41.9. The van der Waals surface area contributed by atoms with Gasteiger partial charge in [0.05, 0.1) is 38.8 Å². The first-order valence-electron chi connectivity index (χ1n) is 10.6. The summed E-state index contributed by atoms with van der Waals surface area (Å²) in [6.07, 6.45) is 0.550. The molecule has 5 rings (SSSR count). The van der Waals surface area contributed by atoms with Crippen molar-refractivity contribution in [2.24, 2.45) is 0 Å². The summed E-state index contributed by atoms with van der Waals surface area (Å²) < 4.78 is 16.6. The number of methoxy groups -OCH3 is 2. The number of likely N-dealkylation sites (tertiary alicyclic amines) is 1. The van der Waals surface area contributed by atoms with E-state index in [2.05, 4.69) is 0 Å². The minimum absolute atomic E-state index is 0.00757. The summed E-state index contributed by atoms with van der Waals surface area (Å²) in [5.74, 6) is -0.442. The van der Waals surface area contributed by atoms with E-state index in [1.54, 1.807) is 15.9 Å². The standard InChI is InChI=1S/C24H24N2O6/c1-30-18-11-16(10-17(12-18)23(29)31-2)22(28)25-9-8-24-20(25)13-21(27)26(24)14-19(32-24)15-6-4-3-5-7-15/h3-7,10-12,19-20H,8-9,13-14H2,1-2H3/t19-,20-,24+/m1/s1. The Labute approximate surface area is 185 Å². The predicted octanol–water partition coefficient (Wildman–Crippen LogP) is 2.40. The van der Waals surface area contributed by atoms with Gasteiger partial charge < -0.3 is 24.0 Å². The van der Waals surface area contributed by atoms with Gasteiger partial charge in [-0.1, -0.05) is 30.3 Å². The van der Waals surface area contributed by atoms with Gasteiger partial charge in [-0.3, -0.25) is 9.59 Å². The van der Waals surface area contributed by atoms with E-state index in [1.807, 2.05) is 30.3 Å². The summed E-state index contributed by atoms with van der Waals surface area (Å²) in [6, 6.07) is 14.1. The molecule has 0 aromatic heterocycles. The third-order valence-corrected chi connectivity index (χ3v) is 6.67. The summed E-state index contributed by atoms with van der Waals surface area (Å²) in [6.45, 7) is 0.937. The molecule has 0 aliphatic carbocycles. The Hall–Kier alpha value is -3.39. The Morgan fingerprint density at radius 1 is 1.09 bits per heavy atom. The van der Waals surface area contributed by atoms with E-state index in [-0.39, 0.29) is 35.9 Å². The van der Waals surface area contributed by atoms with Crippen molar-refractivity contribution in [2.45, 2.75) is 30.7 Å². The molecule has 2 amide bonds. The van der Waals surface area contributed by atoms with Crippen LogP contribution in [-0.4, -0.2) is 66.7 Å². The summed E-state index contributed by atoms with van der Waals surface area (Å²) in [5.41, 5.74) is 0.750. The van der Waals surface area contributed by atoms with Crippen LogP contribution < -0.4 is 4.74 Å². The van der Waals surface area contributed by atoms with Gasteiger partial charge in [-0.15, -0.1) is 0 Å². The van der Waals surface area contributed by atoms with Crippen molar-refractivity contribution < 1.29 is 28.6 Å². The summed E-state index contributed by atoms with van der Waals surface area (Å²) in [5, 5.41) is 0. The van der Waals surface area contributed by atoms with Crippen molar-refractivity contribution in [3.05, 3.63) is 65.2 Å². The molecule has 0 bridgehead atoms. The minimum Gasteiger partial charge on any atom is -0.497 e. The van der Waals surface area contributed by atoms with E-state index in [0.717, 1.165) is 5.56 Å². The molecule has 0 radical (unpaired) electrons. The Morgan fingerprint density at radius 2 is 1.84 bits per heavy atom. The highest BCUT2D eigenvalue weighted by molar-refractivity contribution is 5.99. The largest absolute Gasteiger partial charge is 0.497 e. The topological polar surface area (TPSA) is 85.4 Å². The fraction of sp³-hybridized carbons (Fsp3) is 0.375. The van der Waals surface area contributed by atoms with Crippen LogP contribution in [0.3, 0.4) is 0 Å². The van der Waals surface area contributed by atoms with E-state index >= 15 is 0 Å². The van der Waals surface area contributed by atoms with Gasteiger partial charge in [0, 0.05) is 18.5 Å². The molecule has 3 heterocycles. The average molecular weight is 436 g/mol. The monoisotopic (exact) mass is 436 g/mol. The third kappa shape index (κ3) is 3.05. The van der Waals surface area contributed by atoms with Crippen LogP contribution in [0, 0.1) is 0 Å². The van der Waals surface area contributed by atoms with Gasteiger partial charge in [0.2, 0.25) is 5.91 Å². The van der Waals surface area contributed by atoms with Crippen molar-refractivity contribution >= 4 is 17.8 Å². The maximum Gasteiger partial charge on any atom is 0.338 e. The van der Waals surface area contributed by atoms with Crippen molar-refractivity contribution in [3.8, 4) is 5.75 Å². The number of esters is 1. The average Bonchev–Trinajstić information content (AvgIpc) is 3.46. The number of ether oxygens (including phenoxy) is 3. The lowest BCUT2D eigenvalue weighted by Gasteiger charge is -2.32. The predicted molar refractivity (Wildman–Crippen MR) is 113 cm³/mol. The first-order chi connectivity index (χ1) is 15.5. The fourth-order valence-corrected chi connectivity index (χ4v) is 5.15. The van der Waals surface area contributed by atoms with Crippen LogP contribution in [0.2, 0.25) is 0 Å². The zero-order valence-electron chi connectivity index (χ0n) is 17.9. The van der Waals surface area contributed by atoms with Gasteiger partial charge in [0.15, 0.2) is 5.72 Å². The van der Waals surface area contributed by atoms with Gasteiger partial charge in [-0.2, -0.15) is 0 Å². The Kier molecular flexibility index (Phi) is 4.89. The van der Waals surface area contributed by atoms with Gasteiger partial charge in [-0.05, 0) is 23.8 Å². The second-order valence-electron chi connectivity index (χ2n) is 8.28. The van der Waals surface area contributed by atoms with Crippen LogP contribution in [0.1, 0.15) is 45.2 Å². The molecule has 1 spiro atoms. The van der Waals surface area contributed by atoms with Crippen molar-refractivity contribution in [3.63, 3.8) is 0 Å². The smallest absolute Gasteiger partial charge is 0.338 e. The maximum absolute atomic E-state index is 13.5. The van der Waals surface area contributed by atoms with Gasteiger partial charge >= 0.3 is 5.97 Å². The third-order valence-electron chi connectivity index (χ3n) is 6.67. The van der Waals surface area contributed by atoms with Gasteiger partial charge in [0.1, 0.15) is 11.9 Å². The van der Waals surface area contributed by atoms with E-state index in [0.29, 0.717) is 30.8 Å². The first kappa shape index (κ1) is 20.5. The lowest BCUT2D eigenvalue weighted by atomic mass is 10.0. The number of nitrogens with zero attached hydrogens (tertiary/aromatic N) is 2. The first-order valence-corrected chi connectivity index (χ1v) is 10.6. The molecule has 2 aromatic rings. The van der Waals surface area contributed by atoms with Crippen LogP contribution in [0.5, 0.6) is 5.75 Å². The molecule has 8 nitrogen and oxygen atoms in total. The number of rotatable bonds is 4. The molecule has 3 aliphatic rings. The zero-order chi connectivity index (χ0) is 22.5. The van der Waals surface area contributed by atoms with Crippen LogP contribution in [-0.2, 0) is 14.3 Å². The second kappa shape index (κ2) is 7.63. The number of carbonyl (C=O) groups is 3. The summed E-state index contributed by atoms with van der Waals surface area (Å²) >= 11 is 0. The van der Waals surface area contributed by atoms with Crippen LogP contribution in [0.4, 0.5) is 0 Å². The molecular weight excluding hydrogens is 412 g/mol. The highest BCUT2D eigenvalue weighted by Gasteiger charge is 2.65. The molecule has 8 heteroatoms. The molecule has 3 atom stereocenters. The molecule has 3 fully saturated rings. The molecule has 32 heavy (non-hydrogen) atoms. The lowest BCUT2D eigenvalue weighted by Crippen LogP contribution is -2.48. The van der Waals surface area contributed by atoms with E-state index < -0.39 is 11.7 Å². The number of carbonyl (C=O) groups excluding carboxylic acids is 3. The molecule has 2 aromatic carbocycles. The van der Waals surface area contributed by atoms with E-state index in [1.165, 1.54) is 26.4 Å². The Morgan fingerprint density at radius 3 is 2.56 bits per heavy atom. The maximum atomic E-state index is 13.5. The number of hydrogen-bond acceptors (Lipinski definition) is 6. The zero-order valence-corrected chi connectivity index (χ0v) is 17.9. The molecule has 0 unspecified atom stereocenters. The lowest BCUT2D eigenvalue weighted by molar-refractivity contribution is -0.138.